The van der Waals surface area contributed by atoms with Crippen molar-refractivity contribution in [3.8, 4) is 11.5 Å². The van der Waals surface area contributed by atoms with Gasteiger partial charge in [-0.2, -0.15) is 5.10 Å². The zero-order chi connectivity index (χ0) is 16.8. The molecule has 1 N–H and O–H groups in total. The Bertz CT molecular complexity index is 660. The van der Waals surface area contributed by atoms with Crippen molar-refractivity contribution in [3.63, 3.8) is 0 Å². The third-order valence-electron chi connectivity index (χ3n) is 3.88. The van der Waals surface area contributed by atoms with Gasteiger partial charge in [-0.15, -0.1) is 0 Å². The maximum Gasteiger partial charge on any atom is 0.223 e. The molecule has 7 nitrogen and oxygen atoms in total. The van der Waals surface area contributed by atoms with Gasteiger partial charge in [-0.1, -0.05) is 19.1 Å². The SMILES string of the molecule is CCCN(CC1COc2ccccc2O1)C(=O)CCc1ncn[nH]1. The summed E-state index contributed by atoms with van der Waals surface area (Å²) >= 11 is 0. The molecule has 0 spiro atoms. The number of aromatic nitrogens is 3. The molecule has 0 fully saturated rings. The molecule has 3 rings (SSSR count). The second kappa shape index (κ2) is 7.81. The minimum absolute atomic E-state index is 0.0932. The second-order valence-electron chi connectivity index (χ2n) is 5.77. The molecule has 1 unspecified atom stereocenters. The summed E-state index contributed by atoms with van der Waals surface area (Å²) < 4.78 is 11.7. The molecule has 2 heterocycles. The van der Waals surface area contributed by atoms with Gasteiger partial charge in [0.05, 0.1) is 6.54 Å². The van der Waals surface area contributed by atoms with Crippen LogP contribution >= 0.6 is 0 Å². The number of carbonyl (C=O) groups excluding carboxylic acids is 1. The van der Waals surface area contributed by atoms with Crippen LogP contribution in [0.1, 0.15) is 25.6 Å². The van der Waals surface area contributed by atoms with Crippen molar-refractivity contribution >= 4 is 5.91 Å². The van der Waals surface area contributed by atoms with Gasteiger partial charge in [-0.25, -0.2) is 4.98 Å². The van der Waals surface area contributed by atoms with E-state index in [4.69, 9.17) is 9.47 Å². The number of rotatable bonds is 7. The van der Waals surface area contributed by atoms with Gasteiger partial charge in [-0.05, 0) is 18.6 Å². The Morgan fingerprint density at radius 2 is 2.21 bits per heavy atom. The molecule has 128 valence electrons. The van der Waals surface area contributed by atoms with Crippen LogP contribution in [0.25, 0.3) is 0 Å². The molecule has 1 aliphatic heterocycles. The molecule has 24 heavy (non-hydrogen) atoms. The highest BCUT2D eigenvalue weighted by molar-refractivity contribution is 5.76. The number of hydrogen-bond donors (Lipinski definition) is 1. The van der Waals surface area contributed by atoms with Crippen LogP contribution in [-0.4, -0.2) is 51.8 Å². The van der Waals surface area contributed by atoms with Gasteiger partial charge in [0.15, 0.2) is 17.6 Å². The molecule has 7 heteroatoms. The van der Waals surface area contributed by atoms with E-state index in [1.807, 2.05) is 29.2 Å². The van der Waals surface area contributed by atoms with Crippen molar-refractivity contribution in [2.75, 3.05) is 19.7 Å². The molecule has 1 aromatic heterocycles. The van der Waals surface area contributed by atoms with Crippen LogP contribution in [0.5, 0.6) is 11.5 Å². The summed E-state index contributed by atoms with van der Waals surface area (Å²) in [5, 5.41) is 6.58. The predicted molar refractivity (Wildman–Crippen MR) is 87.9 cm³/mol. The van der Waals surface area contributed by atoms with E-state index in [2.05, 4.69) is 22.1 Å². The van der Waals surface area contributed by atoms with Crippen LogP contribution in [0.2, 0.25) is 0 Å². The number of amides is 1. The molecule has 1 aromatic carbocycles. The van der Waals surface area contributed by atoms with Crippen LogP contribution in [0, 0.1) is 0 Å². The number of hydrogen-bond acceptors (Lipinski definition) is 5. The van der Waals surface area contributed by atoms with Gasteiger partial charge >= 0.3 is 0 Å². The van der Waals surface area contributed by atoms with E-state index in [0.717, 1.165) is 23.7 Å². The first-order chi connectivity index (χ1) is 11.8. The number of H-pyrrole nitrogens is 1. The highest BCUT2D eigenvalue weighted by Crippen LogP contribution is 2.31. The first kappa shape index (κ1) is 16.3. The van der Waals surface area contributed by atoms with E-state index < -0.39 is 0 Å². The Morgan fingerprint density at radius 3 is 2.96 bits per heavy atom. The predicted octanol–water partition coefficient (Wildman–Crippen LogP) is 1.82. The fraction of sp³-hybridized carbons (Fsp3) is 0.471. The van der Waals surface area contributed by atoms with E-state index in [-0.39, 0.29) is 12.0 Å². The largest absolute Gasteiger partial charge is 0.486 e. The lowest BCUT2D eigenvalue weighted by Gasteiger charge is -2.31. The Labute approximate surface area is 141 Å². The van der Waals surface area contributed by atoms with E-state index in [0.29, 0.717) is 32.5 Å². The number of ether oxygens (including phenoxy) is 2. The minimum atomic E-state index is -0.152. The van der Waals surface area contributed by atoms with Gasteiger partial charge in [0.2, 0.25) is 5.91 Å². The molecule has 1 atom stereocenters. The third kappa shape index (κ3) is 4.04. The topological polar surface area (TPSA) is 80.3 Å². The Hall–Kier alpha value is -2.57. The van der Waals surface area contributed by atoms with Crippen LogP contribution in [-0.2, 0) is 11.2 Å². The Balaban J connectivity index is 1.56. The summed E-state index contributed by atoms with van der Waals surface area (Å²) in [5.41, 5.74) is 0. The summed E-state index contributed by atoms with van der Waals surface area (Å²) in [6.45, 7) is 3.74. The third-order valence-corrected chi connectivity index (χ3v) is 3.88. The summed E-state index contributed by atoms with van der Waals surface area (Å²) in [7, 11) is 0. The first-order valence-electron chi connectivity index (χ1n) is 8.26. The fourth-order valence-corrected chi connectivity index (χ4v) is 2.72. The standard InChI is InChI=1S/C17H22N4O3/c1-2-9-21(17(22)8-7-16-18-12-19-20-16)10-13-11-23-14-5-3-4-6-15(14)24-13/h3-6,12-13H,2,7-11H2,1H3,(H,18,19,20). The number of para-hydroxylation sites is 2. The average molecular weight is 330 g/mol. The lowest BCUT2D eigenvalue weighted by molar-refractivity contribution is -0.132. The van der Waals surface area contributed by atoms with Gasteiger partial charge in [0.25, 0.3) is 0 Å². The number of carbonyl (C=O) groups is 1. The minimum Gasteiger partial charge on any atom is -0.486 e. The number of fused-ring (bicyclic) bond motifs is 1. The summed E-state index contributed by atoms with van der Waals surface area (Å²) in [6, 6.07) is 7.60. The normalized spacial score (nSPS) is 16.0. The van der Waals surface area contributed by atoms with Crippen molar-refractivity contribution in [1.82, 2.24) is 20.1 Å². The zero-order valence-corrected chi connectivity index (χ0v) is 13.8. The van der Waals surface area contributed by atoms with Crippen molar-refractivity contribution in [1.29, 1.82) is 0 Å². The Morgan fingerprint density at radius 1 is 1.38 bits per heavy atom. The van der Waals surface area contributed by atoms with Crippen LogP contribution in [0.15, 0.2) is 30.6 Å². The van der Waals surface area contributed by atoms with E-state index in [9.17, 15) is 4.79 Å². The van der Waals surface area contributed by atoms with E-state index in [1.54, 1.807) is 0 Å². The van der Waals surface area contributed by atoms with Crippen molar-refractivity contribution in [2.45, 2.75) is 32.3 Å². The molecular weight excluding hydrogens is 308 g/mol. The van der Waals surface area contributed by atoms with E-state index >= 15 is 0 Å². The summed E-state index contributed by atoms with van der Waals surface area (Å²) in [6.07, 6.45) is 3.16. The Kier molecular flexibility index (Phi) is 5.30. The first-order valence-corrected chi connectivity index (χ1v) is 8.26. The van der Waals surface area contributed by atoms with Crippen LogP contribution in [0.4, 0.5) is 0 Å². The maximum absolute atomic E-state index is 12.5. The van der Waals surface area contributed by atoms with Crippen molar-refractivity contribution in [2.24, 2.45) is 0 Å². The monoisotopic (exact) mass is 330 g/mol. The number of nitrogens with zero attached hydrogens (tertiary/aromatic N) is 3. The zero-order valence-electron chi connectivity index (χ0n) is 13.8. The van der Waals surface area contributed by atoms with Crippen LogP contribution < -0.4 is 9.47 Å². The van der Waals surface area contributed by atoms with Gasteiger partial charge in [-0.3, -0.25) is 9.89 Å². The van der Waals surface area contributed by atoms with Gasteiger partial charge in [0.1, 0.15) is 18.8 Å². The number of benzene rings is 1. The quantitative estimate of drug-likeness (QED) is 0.837. The van der Waals surface area contributed by atoms with Gasteiger partial charge in [0, 0.05) is 19.4 Å². The second-order valence-corrected chi connectivity index (χ2v) is 5.77. The van der Waals surface area contributed by atoms with Crippen LogP contribution in [0.3, 0.4) is 0 Å². The molecule has 1 aliphatic rings. The number of aromatic amines is 1. The molecule has 1 amide bonds. The smallest absolute Gasteiger partial charge is 0.223 e. The lowest BCUT2D eigenvalue weighted by Crippen LogP contribution is -2.44. The molecule has 0 saturated heterocycles. The molecule has 0 aliphatic carbocycles. The van der Waals surface area contributed by atoms with Gasteiger partial charge < -0.3 is 14.4 Å². The lowest BCUT2D eigenvalue weighted by atomic mass is 10.2. The molecular formula is C17H22N4O3. The highest BCUT2D eigenvalue weighted by Gasteiger charge is 2.25. The number of nitrogens with one attached hydrogen (secondary N) is 1. The molecule has 0 radical (unpaired) electrons. The maximum atomic E-state index is 12.5. The average Bonchev–Trinajstić information content (AvgIpc) is 3.13. The summed E-state index contributed by atoms with van der Waals surface area (Å²) in [4.78, 5) is 18.4. The van der Waals surface area contributed by atoms with Crippen molar-refractivity contribution in [3.05, 3.63) is 36.4 Å². The highest BCUT2D eigenvalue weighted by atomic mass is 16.6. The van der Waals surface area contributed by atoms with E-state index in [1.165, 1.54) is 6.33 Å². The fourth-order valence-electron chi connectivity index (χ4n) is 2.72. The number of aryl methyl sites for hydroxylation is 1. The summed E-state index contributed by atoms with van der Waals surface area (Å²) in [5.74, 6) is 2.31. The molecule has 0 bridgehead atoms. The van der Waals surface area contributed by atoms with Crippen molar-refractivity contribution < 1.29 is 14.3 Å². The molecule has 2 aromatic rings. The molecule has 0 saturated carbocycles.